The van der Waals surface area contributed by atoms with E-state index in [1.54, 1.807) is 0 Å². The zero-order chi connectivity index (χ0) is 12.4. The van der Waals surface area contributed by atoms with E-state index >= 15 is 0 Å². The molecule has 1 fully saturated rings. The molecule has 0 spiro atoms. The number of aliphatic hydroxyl groups is 1. The number of hydrogen-bond donors (Lipinski definition) is 2. The first-order valence-electron chi connectivity index (χ1n) is 5.96. The Kier molecular flexibility index (Phi) is 4.31. The van der Waals surface area contributed by atoms with Crippen molar-refractivity contribution in [3.05, 3.63) is 33.8 Å². The molecule has 4 heteroatoms. The molecular weight excluding hydrogens is 257 g/mol. The third kappa shape index (κ3) is 2.76. The summed E-state index contributed by atoms with van der Waals surface area (Å²) in [5, 5.41) is 11.1. The quantitative estimate of drug-likeness (QED) is 0.870. The molecule has 3 N–H and O–H groups in total. The smallest absolute Gasteiger partial charge is 0.0595 e. The monoisotopic (exact) mass is 273 g/mol. The third-order valence-electron chi connectivity index (χ3n) is 3.67. The number of hydrogen-bond acceptors (Lipinski definition) is 2. The molecule has 0 saturated heterocycles. The lowest BCUT2D eigenvalue weighted by Gasteiger charge is -2.35. The Morgan fingerprint density at radius 3 is 2.65 bits per heavy atom. The fourth-order valence-corrected chi connectivity index (χ4v) is 3.03. The molecule has 2 rings (SSSR count). The van der Waals surface area contributed by atoms with Crippen molar-refractivity contribution in [3.8, 4) is 0 Å². The number of rotatable bonds is 2. The van der Waals surface area contributed by atoms with Crippen molar-refractivity contribution in [3.63, 3.8) is 0 Å². The molecule has 1 aromatic carbocycles. The first kappa shape index (κ1) is 13.2. The summed E-state index contributed by atoms with van der Waals surface area (Å²) in [7, 11) is 0. The molecule has 0 radical (unpaired) electrons. The van der Waals surface area contributed by atoms with Gasteiger partial charge in [0.1, 0.15) is 0 Å². The van der Waals surface area contributed by atoms with Gasteiger partial charge in [0.15, 0.2) is 0 Å². The van der Waals surface area contributed by atoms with Crippen LogP contribution in [0.4, 0.5) is 0 Å². The van der Waals surface area contributed by atoms with Gasteiger partial charge < -0.3 is 10.8 Å². The van der Waals surface area contributed by atoms with Gasteiger partial charge in [-0.25, -0.2) is 0 Å². The van der Waals surface area contributed by atoms with Crippen molar-refractivity contribution in [2.75, 3.05) is 6.54 Å². The lowest BCUT2D eigenvalue weighted by atomic mass is 9.74. The summed E-state index contributed by atoms with van der Waals surface area (Å²) in [6.45, 7) is 0.506. The first-order valence-corrected chi connectivity index (χ1v) is 6.72. The van der Waals surface area contributed by atoms with E-state index in [-0.39, 0.29) is 12.0 Å². The minimum atomic E-state index is -0.298. The molecule has 1 aliphatic carbocycles. The highest BCUT2D eigenvalue weighted by Gasteiger charge is 2.32. The van der Waals surface area contributed by atoms with Crippen LogP contribution in [0.5, 0.6) is 0 Å². The van der Waals surface area contributed by atoms with Crippen LogP contribution in [0.3, 0.4) is 0 Å². The predicted octanol–water partition coefficient (Wildman–Crippen LogP) is 3.20. The minimum Gasteiger partial charge on any atom is -0.393 e. The van der Waals surface area contributed by atoms with Crippen molar-refractivity contribution in [2.24, 2.45) is 11.7 Å². The van der Waals surface area contributed by atoms with Crippen LogP contribution in [0.2, 0.25) is 10.0 Å². The molecule has 0 aromatic heterocycles. The van der Waals surface area contributed by atoms with E-state index in [0.717, 1.165) is 24.8 Å². The van der Waals surface area contributed by atoms with Crippen molar-refractivity contribution >= 4 is 23.2 Å². The van der Waals surface area contributed by atoms with E-state index < -0.39 is 0 Å². The normalized spacial score (nSPS) is 29.3. The lowest BCUT2D eigenvalue weighted by Crippen LogP contribution is -2.36. The number of aliphatic hydroxyl groups excluding tert-OH is 1. The Morgan fingerprint density at radius 1 is 1.24 bits per heavy atom. The summed E-state index contributed by atoms with van der Waals surface area (Å²) in [6, 6.07) is 5.70. The minimum absolute atomic E-state index is 0.126. The van der Waals surface area contributed by atoms with Crippen molar-refractivity contribution in [1.82, 2.24) is 0 Å². The second kappa shape index (κ2) is 5.57. The average molecular weight is 274 g/mol. The molecular formula is C13H17Cl2NO. The number of nitrogens with two attached hydrogens (primary N) is 1. The van der Waals surface area contributed by atoms with Gasteiger partial charge in [-0.3, -0.25) is 0 Å². The van der Waals surface area contributed by atoms with Crippen molar-refractivity contribution < 1.29 is 5.11 Å². The van der Waals surface area contributed by atoms with Gasteiger partial charge in [0, 0.05) is 5.92 Å². The van der Waals surface area contributed by atoms with Crippen molar-refractivity contribution in [2.45, 2.75) is 31.3 Å². The van der Waals surface area contributed by atoms with Gasteiger partial charge in [-0.2, -0.15) is 0 Å². The fourth-order valence-electron chi connectivity index (χ4n) is 2.72. The standard InChI is InChI=1S/C13H17Cl2NO/c14-11-5-4-8(6-12(11)15)9-2-1-3-13(17)10(9)7-16/h4-6,9-10,13,17H,1-3,7,16H2. The van der Waals surface area contributed by atoms with Gasteiger partial charge in [-0.05, 0) is 43.0 Å². The molecule has 0 amide bonds. The number of halogens is 2. The van der Waals surface area contributed by atoms with E-state index in [1.165, 1.54) is 0 Å². The maximum absolute atomic E-state index is 9.99. The Hall–Kier alpha value is -0.280. The van der Waals surface area contributed by atoms with Gasteiger partial charge in [-0.1, -0.05) is 35.7 Å². The highest BCUT2D eigenvalue weighted by Crippen LogP contribution is 2.39. The van der Waals surface area contributed by atoms with Crippen LogP contribution in [0.15, 0.2) is 18.2 Å². The summed E-state index contributed by atoms with van der Waals surface area (Å²) in [6.07, 6.45) is 2.63. The maximum Gasteiger partial charge on any atom is 0.0595 e. The molecule has 3 unspecified atom stereocenters. The molecule has 0 heterocycles. The molecule has 0 aliphatic heterocycles. The topological polar surface area (TPSA) is 46.2 Å². The van der Waals surface area contributed by atoms with Gasteiger partial charge >= 0.3 is 0 Å². The van der Waals surface area contributed by atoms with Crippen LogP contribution >= 0.6 is 23.2 Å². The molecule has 0 bridgehead atoms. The largest absolute Gasteiger partial charge is 0.393 e. The van der Waals surface area contributed by atoms with Crippen LogP contribution in [0, 0.1) is 5.92 Å². The van der Waals surface area contributed by atoms with Crippen LogP contribution in [0.1, 0.15) is 30.7 Å². The Bertz CT molecular complexity index is 397. The number of benzene rings is 1. The second-order valence-electron chi connectivity index (χ2n) is 4.68. The van der Waals surface area contributed by atoms with E-state index in [9.17, 15) is 5.11 Å². The lowest BCUT2D eigenvalue weighted by molar-refractivity contribution is 0.0602. The van der Waals surface area contributed by atoms with E-state index in [2.05, 4.69) is 0 Å². The summed E-state index contributed by atoms with van der Waals surface area (Å²) in [4.78, 5) is 0. The predicted molar refractivity (Wildman–Crippen MR) is 71.6 cm³/mol. The fraction of sp³-hybridized carbons (Fsp3) is 0.538. The van der Waals surface area contributed by atoms with Crippen LogP contribution in [-0.4, -0.2) is 17.8 Å². The SMILES string of the molecule is NCC1C(O)CCCC1c1ccc(Cl)c(Cl)c1. The Balaban J connectivity index is 2.27. The van der Waals surface area contributed by atoms with Gasteiger partial charge in [0.25, 0.3) is 0 Å². The van der Waals surface area contributed by atoms with E-state index in [0.29, 0.717) is 22.5 Å². The van der Waals surface area contributed by atoms with Crippen LogP contribution in [-0.2, 0) is 0 Å². The molecule has 1 saturated carbocycles. The molecule has 3 atom stereocenters. The van der Waals surface area contributed by atoms with Crippen LogP contribution in [0.25, 0.3) is 0 Å². The maximum atomic E-state index is 9.99. The average Bonchev–Trinajstić information content (AvgIpc) is 2.32. The third-order valence-corrected chi connectivity index (χ3v) is 4.41. The molecule has 94 valence electrons. The second-order valence-corrected chi connectivity index (χ2v) is 5.49. The molecule has 1 aliphatic rings. The Morgan fingerprint density at radius 2 is 2.00 bits per heavy atom. The molecule has 17 heavy (non-hydrogen) atoms. The van der Waals surface area contributed by atoms with E-state index in [1.807, 2.05) is 18.2 Å². The summed E-state index contributed by atoms with van der Waals surface area (Å²) in [5.41, 5.74) is 6.90. The van der Waals surface area contributed by atoms with Gasteiger partial charge in [0.2, 0.25) is 0 Å². The summed E-state index contributed by atoms with van der Waals surface area (Å²) >= 11 is 11.9. The highest BCUT2D eigenvalue weighted by atomic mass is 35.5. The molecule has 1 aromatic rings. The first-order chi connectivity index (χ1) is 8.13. The highest BCUT2D eigenvalue weighted by molar-refractivity contribution is 6.42. The van der Waals surface area contributed by atoms with Gasteiger partial charge in [0.05, 0.1) is 16.1 Å². The summed E-state index contributed by atoms with van der Waals surface area (Å²) < 4.78 is 0. The zero-order valence-electron chi connectivity index (χ0n) is 9.57. The molecule has 2 nitrogen and oxygen atoms in total. The van der Waals surface area contributed by atoms with E-state index in [4.69, 9.17) is 28.9 Å². The summed E-state index contributed by atoms with van der Waals surface area (Å²) in [5.74, 6) is 0.416. The Labute approximate surface area is 112 Å². The van der Waals surface area contributed by atoms with Gasteiger partial charge in [-0.15, -0.1) is 0 Å². The van der Waals surface area contributed by atoms with Crippen molar-refractivity contribution in [1.29, 1.82) is 0 Å². The zero-order valence-corrected chi connectivity index (χ0v) is 11.1. The van der Waals surface area contributed by atoms with Crippen LogP contribution < -0.4 is 5.73 Å².